The predicted molar refractivity (Wildman–Crippen MR) is 126 cm³/mol. The summed E-state index contributed by atoms with van der Waals surface area (Å²) in [5.41, 5.74) is 2.25. The van der Waals surface area contributed by atoms with Crippen molar-refractivity contribution >= 4 is 34.0 Å². The van der Waals surface area contributed by atoms with Gasteiger partial charge >= 0.3 is 0 Å². The lowest BCUT2D eigenvalue weighted by Crippen LogP contribution is -2.52. The topological polar surface area (TPSA) is 69.5 Å². The normalized spacial score (nSPS) is 15.0. The first-order valence-electron chi connectivity index (χ1n) is 10.2. The number of anilines is 1. The molecule has 0 bridgehead atoms. The van der Waals surface area contributed by atoms with Gasteiger partial charge in [0.05, 0.1) is 12.2 Å². The van der Waals surface area contributed by atoms with Crippen molar-refractivity contribution in [1.29, 1.82) is 0 Å². The first-order chi connectivity index (χ1) is 14.7. The molecule has 30 heavy (non-hydrogen) atoms. The second-order valence-corrected chi connectivity index (χ2v) is 8.93. The molecule has 0 radical (unpaired) electrons. The lowest BCUT2D eigenvalue weighted by atomic mass is 10.2. The van der Waals surface area contributed by atoms with Crippen LogP contribution < -0.4 is 10.2 Å². The number of nitrogens with one attached hydrogen (secondary N) is 1. The minimum atomic E-state index is 0.736. The molecule has 0 unspecified atom stereocenters. The van der Waals surface area contributed by atoms with E-state index >= 15 is 0 Å². The molecule has 0 amide bonds. The highest BCUT2D eigenvalue weighted by Crippen LogP contribution is 2.27. The Morgan fingerprint density at radius 2 is 1.90 bits per heavy atom. The van der Waals surface area contributed by atoms with Gasteiger partial charge in [0.2, 0.25) is 5.13 Å². The van der Waals surface area contributed by atoms with E-state index in [0.29, 0.717) is 0 Å². The Balaban J connectivity index is 1.34. The van der Waals surface area contributed by atoms with Crippen molar-refractivity contribution in [3.05, 3.63) is 46.7 Å². The summed E-state index contributed by atoms with van der Waals surface area (Å²) in [6, 6.07) is 10.3. The zero-order valence-electron chi connectivity index (χ0n) is 17.6. The molecule has 4 rings (SSSR count). The first kappa shape index (κ1) is 20.7. The van der Waals surface area contributed by atoms with Crippen molar-refractivity contribution in [2.45, 2.75) is 26.8 Å². The van der Waals surface area contributed by atoms with Crippen LogP contribution in [0, 0.1) is 6.92 Å². The number of benzene rings is 1. The Hall–Kier alpha value is -2.52. The third-order valence-corrected chi connectivity index (χ3v) is 7.18. The highest BCUT2D eigenvalue weighted by molar-refractivity contribution is 7.15. The minimum absolute atomic E-state index is 0.736. The van der Waals surface area contributed by atoms with Gasteiger partial charge < -0.3 is 15.1 Å². The van der Waals surface area contributed by atoms with Gasteiger partial charge in [-0.25, -0.2) is 9.97 Å². The van der Waals surface area contributed by atoms with Crippen LogP contribution in [0.5, 0.6) is 0 Å². The SMILES string of the molecule is CCc1nsc(N2CCN(C(=NC)NCc3sc(-c4ccccc4)nc3C)CC2)n1. The fourth-order valence-electron chi connectivity index (χ4n) is 3.41. The third kappa shape index (κ3) is 4.62. The molecular formula is C21H27N7S2. The molecule has 3 aromatic rings. The van der Waals surface area contributed by atoms with Crippen molar-refractivity contribution in [2.24, 2.45) is 4.99 Å². The van der Waals surface area contributed by atoms with E-state index in [4.69, 9.17) is 4.98 Å². The van der Waals surface area contributed by atoms with Crippen molar-refractivity contribution in [3.63, 3.8) is 0 Å². The maximum absolute atomic E-state index is 4.76. The smallest absolute Gasteiger partial charge is 0.205 e. The molecule has 0 saturated carbocycles. The summed E-state index contributed by atoms with van der Waals surface area (Å²) in [6.07, 6.45) is 0.885. The van der Waals surface area contributed by atoms with Gasteiger partial charge in [-0.05, 0) is 6.92 Å². The van der Waals surface area contributed by atoms with Crippen LogP contribution in [0.25, 0.3) is 10.6 Å². The van der Waals surface area contributed by atoms with Crippen molar-refractivity contribution in [2.75, 3.05) is 38.1 Å². The Kier molecular flexibility index (Phi) is 6.59. The average molecular weight is 442 g/mol. The van der Waals surface area contributed by atoms with Crippen molar-refractivity contribution in [3.8, 4) is 10.6 Å². The van der Waals surface area contributed by atoms with E-state index in [1.807, 2.05) is 13.1 Å². The zero-order valence-corrected chi connectivity index (χ0v) is 19.3. The molecule has 158 valence electrons. The molecule has 1 aromatic carbocycles. The lowest BCUT2D eigenvalue weighted by Gasteiger charge is -2.36. The molecule has 1 N–H and O–H groups in total. The monoisotopic (exact) mass is 441 g/mol. The fraction of sp³-hybridized carbons (Fsp3) is 0.429. The van der Waals surface area contributed by atoms with Gasteiger partial charge in [-0.15, -0.1) is 11.3 Å². The molecule has 2 aromatic heterocycles. The van der Waals surface area contributed by atoms with Crippen molar-refractivity contribution < 1.29 is 0 Å². The Bertz CT molecular complexity index is 988. The second kappa shape index (κ2) is 9.53. The quantitative estimate of drug-likeness (QED) is 0.483. The fourth-order valence-corrected chi connectivity index (χ4v) is 5.22. The lowest BCUT2D eigenvalue weighted by molar-refractivity contribution is 0.372. The van der Waals surface area contributed by atoms with Gasteiger partial charge in [0.1, 0.15) is 10.8 Å². The number of hydrogen-bond donors (Lipinski definition) is 1. The number of aliphatic imine (C=N–C) groups is 1. The summed E-state index contributed by atoms with van der Waals surface area (Å²) >= 11 is 3.25. The van der Waals surface area contributed by atoms with E-state index in [1.54, 1.807) is 11.3 Å². The van der Waals surface area contributed by atoms with Crippen LogP contribution in [0.1, 0.15) is 23.3 Å². The van der Waals surface area contributed by atoms with Gasteiger partial charge in [0.15, 0.2) is 5.96 Å². The van der Waals surface area contributed by atoms with Gasteiger partial charge in [-0.2, -0.15) is 4.37 Å². The summed E-state index contributed by atoms with van der Waals surface area (Å²) < 4.78 is 4.41. The van der Waals surface area contributed by atoms with Crippen LogP contribution in [-0.2, 0) is 13.0 Å². The summed E-state index contributed by atoms with van der Waals surface area (Å²) in [5.74, 6) is 1.87. The molecule has 0 atom stereocenters. The molecule has 0 aliphatic carbocycles. The van der Waals surface area contributed by atoms with E-state index in [-0.39, 0.29) is 0 Å². The maximum atomic E-state index is 4.76. The number of piperazine rings is 1. The van der Waals surface area contributed by atoms with Gasteiger partial charge in [0.25, 0.3) is 0 Å². The largest absolute Gasteiger partial charge is 0.351 e. The average Bonchev–Trinajstić information content (AvgIpc) is 3.42. The standard InChI is InChI=1S/C21H27N7S2/c1-4-18-25-21(30-26-18)28-12-10-27(11-13-28)20(22-3)23-14-17-15(2)24-19(29-17)16-8-6-5-7-9-16/h5-9H,4,10-14H2,1-3H3,(H,22,23). The van der Waals surface area contributed by atoms with Crippen LogP contribution in [0.2, 0.25) is 0 Å². The van der Waals surface area contributed by atoms with Gasteiger partial charge in [-0.1, -0.05) is 37.3 Å². The predicted octanol–water partition coefficient (Wildman–Crippen LogP) is 3.43. The number of aryl methyl sites for hydroxylation is 2. The van der Waals surface area contributed by atoms with Crippen molar-refractivity contribution in [1.82, 2.24) is 24.6 Å². The Labute approximate surface area is 185 Å². The van der Waals surface area contributed by atoms with Crippen LogP contribution >= 0.6 is 22.9 Å². The summed E-state index contributed by atoms with van der Waals surface area (Å²) in [4.78, 5) is 19.8. The number of hydrogen-bond acceptors (Lipinski definition) is 7. The van der Waals surface area contributed by atoms with E-state index in [9.17, 15) is 0 Å². The molecule has 1 aliphatic heterocycles. The molecule has 7 nitrogen and oxygen atoms in total. The van der Waals surface area contributed by atoms with E-state index in [0.717, 1.165) is 66.8 Å². The third-order valence-electron chi connectivity index (χ3n) is 5.16. The van der Waals surface area contributed by atoms with E-state index in [1.165, 1.54) is 22.0 Å². The molecule has 3 heterocycles. The maximum Gasteiger partial charge on any atom is 0.205 e. The number of thiazole rings is 1. The molecular weight excluding hydrogens is 414 g/mol. The summed E-state index contributed by atoms with van der Waals surface area (Å²) in [6.45, 7) is 8.59. The molecule has 0 spiro atoms. The highest BCUT2D eigenvalue weighted by atomic mass is 32.1. The zero-order chi connectivity index (χ0) is 20.9. The van der Waals surface area contributed by atoms with Crippen LogP contribution in [0.4, 0.5) is 5.13 Å². The Morgan fingerprint density at radius 3 is 2.57 bits per heavy atom. The van der Waals surface area contributed by atoms with Gasteiger partial charge in [0, 0.05) is 61.6 Å². The number of nitrogens with zero attached hydrogens (tertiary/aromatic N) is 6. The minimum Gasteiger partial charge on any atom is -0.351 e. The van der Waals surface area contributed by atoms with Crippen LogP contribution in [-0.4, -0.2) is 58.4 Å². The molecule has 1 aliphatic rings. The van der Waals surface area contributed by atoms with Gasteiger partial charge in [-0.3, -0.25) is 4.99 Å². The number of aromatic nitrogens is 3. The highest BCUT2D eigenvalue weighted by Gasteiger charge is 2.22. The second-order valence-electron chi connectivity index (χ2n) is 7.12. The summed E-state index contributed by atoms with van der Waals surface area (Å²) in [5, 5.41) is 5.63. The Morgan fingerprint density at radius 1 is 1.13 bits per heavy atom. The molecule has 1 saturated heterocycles. The van der Waals surface area contributed by atoms with E-state index < -0.39 is 0 Å². The number of guanidine groups is 1. The number of rotatable bonds is 5. The first-order valence-corrected chi connectivity index (χ1v) is 11.8. The molecule has 9 heteroatoms. The summed E-state index contributed by atoms with van der Waals surface area (Å²) in [7, 11) is 1.85. The van der Waals surface area contributed by atoms with Crippen LogP contribution in [0.15, 0.2) is 35.3 Å². The molecule has 1 fully saturated rings. The van der Waals surface area contributed by atoms with Crippen LogP contribution in [0.3, 0.4) is 0 Å². The van der Waals surface area contributed by atoms with E-state index in [2.05, 4.69) is 67.6 Å².